The average molecular weight is 229 g/mol. The lowest BCUT2D eigenvalue weighted by Crippen LogP contribution is -2.29. The summed E-state index contributed by atoms with van der Waals surface area (Å²) in [6, 6.07) is 0. The average Bonchev–Trinajstić information content (AvgIpc) is 2.45. The number of carbonyl (C=O) groups is 1. The van der Waals surface area contributed by atoms with Crippen LogP contribution in [0.15, 0.2) is 0 Å². The Morgan fingerprint density at radius 3 is 2.19 bits per heavy atom. The highest BCUT2D eigenvalue weighted by Gasteiger charge is 2.32. The minimum Gasteiger partial charge on any atom is -0.388 e. The SMILES string of the molecule is CC(C)(C)CCCC(=O)N1CC(O)C(O)C1. The summed E-state index contributed by atoms with van der Waals surface area (Å²) < 4.78 is 0. The molecule has 1 fully saturated rings. The lowest BCUT2D eigenvalue weighted by Gasteiger charge is -2.19. The van der Waals surface area contributed by atoms with E-state index in [9.17, 15) is 15.0 Å². The van der Waals surface area contributed by atoms with Crippen LogP contribution < -0.4 is 0 Å². The summed E-state index contributed by atoms with van der Waals surface area (Å²) in [4.78, 5) is 13.3. The number of rotatable bonds is 3. The van der Waals surface area contributed by atoms with E-state index >= 15 is 0 Å². The maximum Gasteiger partial charge on any atom is 0.222 e. The largest absolute Gasteiger partial charge is 0.388 e. The summed E-state index contributed by atoms with van der Waals surface area (Å²) in [5, 5.41) is 18.7. The first-order valence-electron chi connectivity index (χ1n) is 5.93. The van der Waals surface area contributed by atoms with Gasteiger partial charge in [0.1, 0.15) is 0 Å². The molecule has 2 N–H and O–H groups in total. The molecule has 16 heavy (non-hydrogen) atoms. The summed E-state index contributed by atoms with van der Waals surface area (Å²) in [6.07, 6.45) is 0.845. The van der Waals surface area contributed by atoms with E-state index in [-0.39, 0.29) is 24.4 Å². The molecular formula is C12H23NO3. The first-order chi connectivity index (χ1) is 7.29. The molecule has 0 aliphatic carbocycles. The van der Waals surface area contributed by atoms with Crippen molar-refractivity contribution < 1.29 is 15.0 Å². The van der Waals surface area contributed by atoms with Crippen LogP contribution in [0.5, 0.6) is 0 Å². The number of aliphatic hydroxyl groups excluding tert-OH is 2. The first-order valence-corrected chi connectivity index (χ1v) is 5.93. The summed E-state index contributed by atoms with van der Waals surface area (Å²) in [7, 11) is 0. The van der Waals surface area contributed by atoms with Crippen molar-refractivity contribution in [2.24, 2.45) is 5.41 Å². The summed E-state index contributed by atoms with van der Waals surface area (Å²) >= 11 is 0. The lowest BCUT2D eigenvalue weighted by molar-refractivity contribution is -0.130. The van der Waals surface area contributed by atoms with E-state index in [0.29, 0.717) is 6.42 Å². The fraction of sp³-hybridized carbons (Fsp3) is 0.917. The molecule has 0 spiro atoms. The van der Waals surface area contributed by atoms with E-state index in [1.807, 2.05) is 0 Å². The monoisotopic (exact) mass is 229 g/mol. The van der Waals surface area contributed by atoms with Crippen molar-refractivity contribution in [3.05, 3.63) is 0 Å². The Balaban J connectivity index is 2.26. The molecule has 4 heteroatoms. The fourth-order valence-electron chi connectivity index (χ4n) is 1.90. The van der Waals surface area contributed by atoms with E-state index in [0.717, 1.165) is 12.8 Å². The summed E-state index contributed by atoms with van der Waals surface area (Å²) in [5.41, 5.74) is 0.254. The van der Waals surface area contributed by atoms with Crippen LogP contribution in [-0.2, 0) is 4.79 Å². The molecule has 94 valence electrons. The van der Waals surface area contributed by atoms with Crippen molar-refractivity contribution in [2.75, 3.05) is 13.1 Å². The zero-order valence-electron chi connectivity index (χ0n) is 10.4. The summed E-state index contributed by atoms with van der Waals surface area (Å²) in [5.74, 6) is 0.0415. The van der Waals surface area contributed by atoms with E-state index in [1.165, 1.54) is 0 Å². The molecule has 0 saturated carbocycles. The van der Waals surface area contributed by atoms with Gasteiger partial charge in [0.2, 0.25) is 5.91 Å². The molecule has 0 radical (unpaired) electrons. The Hall–Kier alpha value is -0.610. The van der Waals surface area contributed by atoms with Crippen molar-refractivity contribution >= 4 is 5.91 Å². The van der Waals surface area contributed by atoms with Gasteiger partial charge < -0.3 is 15.1 Å². The maximum atomic E-state index is 11.7. The molecular weight excluding hydrogens is 206 g/mol. The Kier molecular flexibility index (Phi) is 4.33. The number of likely N-dealkylation sites (tertiary alicyclic amines) is 1. The molecule has 0 bridgehead atoms. The summed E-state index contributed by atoms with van der Waals surface area (Å²) in [6.45, 7) is 7.01. The minimum absolute atomic E-state index is 0.0415. The second-order valence-corrected chi connectivity index (χ2v) is 5.85. The van der Waals surface area contributed by atoms with Crippen LogP contribution in [-0.4, -0.2) is 46.3 Å². The van der Waals surface area contributed by atoms with Gasteiger partial charge in [-0.15, -0.1) is 0 Å². The Morgan fingerprint density at radius 2 is 1.75 bits per heavy atom. The zero-order chi connectivity index (χ0) is 12.3. The third-order valence-electron chi connectivity index (χ3n) is 2.93. The lowest BCUT2D eigenvalue weighted by atomic mass is 9.90. The fourth-order valence-corrected chi connectivity index (χ4v) is 1.90. The van der Waals surface area contributed by atoms with Gasteiger partial charge in [-0.2, -0.15) is 0 Å². The third-order valence-corrected chi connectivity index (χ3v) is 2.93. The molecule has 2 unspecified atom stereocenters. The van der Waals surface area contributed by atoms with Crippen molar-refractivity contribution in [1.82, 2.24) is 4.90 Å². The van der Waals surface area contributed by atoms with Gasteiger partial charge in [0.05, 0.1) is 12.2 Å². The van der Waals surface area contributed by atoms with Gasteiger partial charge in [-0.1, -0.05) is 20.8 Å². The molecule has 4 nitrogen and oxygen atoms in total. The van der Waals surface area contributed by atoms with Gasteiger partial charge in [-0.3, -0.25) is 4.79 Å². The van der Waals surface area contributed by atoms with Crippen LogP contribution in [0.25, 0.3) is 0 Å². The molecule has 2 atom stereocenters. The molecule has 1 aliphatic rings. The van der Waals surface area contributed by atoms with Crippen LogP contribution in [0, 0.1) is 5.41 Å². The molecule has 0 aromatic heterocycles. The van der Waals surface area contributed by atoms with Gasteiger partial charge >= 0.3 is 0 Å². The van der Waals surface area contributed by atoms with E-state index < -0.39 is 12.2 Å². The van der Waals surface area contributed by atoms with E-state index in [4.69, 9.17) is 0 Å². The Bertz CT molecular complexity index is 237. The van der Waals surface area contributed by atoms with Crippen LogP contribution >= 0.6 is 0 Å². The van der Waals surface area contributed by atoms with Crippen LogP contribution in [0.4, 0.5) is 0 Å². The molecule has 0 aromatic carbocycles. The molecule has 1 rings (SSSR count). The Morgan fingerprint density at radius 1 is 1.25 bits per heavy atom. The number of amides is 1. The third kappa shape index (κ3) is 4.10. The van der Waals surface area contributed by atoms with Gasteiger partial charge in [0.25, 0.3) is 0 Å². The van der Waals surface area contributed by atoms with E-state index in [2.05, 4.69) is 20.8 Å². The molecule has 1 aliphatic heterocycles. The first kappa shape index (κ1) is 13.5. The number of carbonyl (C=O) groups excluding carboxylic acids is 1. The standard InChI is InChI=1S/C12H23NO3/c1-12(2,3)6-4-5-11(16)13-7-9(14)10(15)8-13/h9-10,14-15H,4-8H2,1-3H3. The number of nitrogens with zero attached hydrogens (tertiary/aromatic N) is 1. The van der Waals surface area contributed by atoms with Crippen molar-refractivity contribution in [1.29, 1.82) is 0 Å². The smallest absolute Gasteiger partial charge is 0.222 e. The van der Waals surface area contributed by atoms with Crippen molar-refractivity contribution in [3.63, 3.8) is 0 Å². The molecule has 1 amide bonds. The molecule has 0 aromatic rings. The quantitative estimate of drug-likeness (QED) is 0.751. The highest BCUT2D eigenvalue weighted by Crippen LogP contribution is 2.22. The maximum absolute atomic E-state index is 11.7. The van der Waals surface area contributed by atoms with Gasteiger partial charge in [0.15, 0.2) is 0 Å². The topological polar surface area (TPSA) is 60.8 Å². The van der Waals surface area contributed by atoms with Gasteiger partial charge in [-0.05, 0) is 18.3 Å². The number of hydrogen-bond donors (Lipinski definition) is 2. The van der Waals surface area contributed by atoms with Crippen LogP contribution in [0.3, 0.4) is 0 Å². The number of hydrogen-bond acceptors (Lipinski definition) is 3. The zero-order valence-corrected chi connectivity index (χ0v) is 10.4. The van der Waals surface area contributed by atoms with Crippen LogP contribution in [0.1, 0.15) is 40.0 Å². The van der Waals surface area contributed by atoms with Gasteiger partial charge in [0, 0.05) is 19.5 Å². The van der Waals surface area contributed by atoms with Crippen molar-refractivity contribution in [3.8, 4) is 0 Å². The second-order valence-electron chi connectivity index (χ2n) is 5.85. The Labute approximate surface area is 97.3 Å². The second kappa shape index (κ2) is 5.15. The predicted octanol–water partition coefficient (Wildman–Crippen LogP) is 0.767. The van der Waals surface area contributed by atoms with Gasteiger partial charge in [-0.25, -0.2) is 0 Å². The van der Waals surface area contributed by atoms with E-state index in [1.54, 1.807) is 4.90 Å². The van der Waals surface area contributed by atoms with Crippen molar-refractivity contribution in [2.45, 2.75) is 52.2 Å². The van der Waals surface area contributed by atoms with Crippen LogP contribution in [0.2, 0.25) is 0 Å². The highest BCUT2D eigenvalue weighted by atomic mass is 16.3. The normalized spacial score (nSPS) is 26.2. The molecule has 1 saturated heterocycles. The highest BCUT2D eigenvalue weighted by molar-refractivity contribution is 5.76. The number of aliphatic hydroxyl groups is 2. The predicted molar refractivity (Wildman–Crippen MR) is 61.9 cm³/mol. The minimum atomic E-state index is -0.772. The molecule has 1 heterocycles. The number of β-amino-alcohol motifs (C(OH)–C–C–N with tert-alkyl or cyclic N) is 2.